The van der Waals surface area contributed by atoms with Crippen LogP contribution in [-0.2, 0) is 14.3 Å². The van der Waals surface area contributed by atoms with Crippen molar-refractivity contribution in [2.75, 3.05) is 6.61 Å². The highest BCUT2D eigenvalue weighted by Gasteiger charge is 2.21. The zero-order valence-electron chi connectivity index (χ0n) is 12.2. The van der Waals surface area contributed by atoms with Crippen molar-refractivity contribution in [2.45, 2.75) is 59.6 Å². The number of carbonyl (C=O) groups is 2. The third kappa shape index (κ3) is 7.92. The summed E-state index contributed by atoms with van der Waals surface area (Å²) in [5, 5.41) is 2.70. The van der Waals surface area contributed by atoms with Crippen LogP contribution in [0.1, 0.15) is 48.0 Å². The van der Waals surface area contributed by atoms with Gasteiger partial charge in [-0.2, -0.15) is 0 Å². The molecule has 106 valence electrons. The predicted molar refractivity (Wildman–Crippen MR) is 69.2 cm³/mol. The zero-order chi connectivity index (χ0) is 14.3. The molecule has 5 nitrogen and oxygen atoms in total. The molecule has 0 aromatic rings. The predicted octanol–water partition coefficient (Wildman–Crippen LogP) is 2.49. The number of amides is 1. The van der Waals surface area contributed by atoms with E-state index in [1.807, 2.05) is 6.92 Å². The molecule has 0 radical (unpaired) electrons. The maximum absolute atomic E-state index is 11.5. The van der Waals surface area contributed by atoms with Crippen molar-refractivity contribution in [3.8, 4) is 0 Å². The lowest BCUT2D eigenvalue weighted by Crippen LogP contribution is -2.39. The molecular formula is C13H25NO4. The van der Waals surface area contributed by atoms with Gasteiger partial charge in [0.1, 0.15) is 5.60 Å². The molecule has 0 aliphatic heterocycles. The summed E-state index contributed by atoms with van der Waals surface area (Å²) in [7, 11) is 0. The number of esters is 1. The third-order valence-corrected chi connectivity index (χ3v) is 2.16. The first kappa shape index (κ1) is 16.7. The van der Waals surface area contributed by atoms with Crippen LogP contribution in [0.2, 0.25) is 0 Å². The summed E-state index contributed by atoms with van der Waals surface area (Å²) in [6.45, 7) is 11.2. The first-order valence-corrected chi connectivity index (χ1v) is 6.31. The monoisotopic (exact) mass is 259 g/mol. The summed E-state index contributed by atoms with van der Waals surface area (Å²) in [6.07, 6.45) is 0.0593. The molecule has 1 N–H and O–H groups in total. The Morgan fingerprint density at radius 3 is 2.22 bits per heavy atom. The second kappa shape index (κ2) is 7.24. The van der Waals surface area contributed by atoms with Crippen LogP contribution in [0.3, 0.4) is 0 Å². The van der Waals surface area contributed by atoms with Crippen molar-refractivity contribution in [2.24, 2.45) is 5.92 Å². The molecular weight excluding hydrogens is 234 g/mol. The minimum Gasteiger partial charge on any atom is -0.466 e. The van der Waals surface area contributed by atoms with Gasteiger partial charge in [0, 0.05) is 6.04 Å². The van der Waals surface area contributed by atoms with E-state index in [1.165, 1.54) is 0 Å². The highest BCUT2D eigenvalue weighted by molar-refractivity contribution is 5.72. The standard InChI is InChI=1S/C13H25NO4/c1-7-17-11(15)9(2)8-10(3)14-12(16)18-13(4,5)6/h9-10H,7-8H2,1-6H3,(H,14,16)/t9-,10-/m1/s1. The van der Waals surface area contributed by atoms with E-state index < -0.39 is 11.7 Å². The van der Waals surface area contributed by atoms with Gasteiger partial charge in [0.2, 0.25) is 0 Å². The maximum Gasteiger partial charge on any atom is 0.407 e. The van der Waals surface area contributed by atoms with Crippen molar-refractivity contribution in [1.82, 2.24) is 5.32 Å². The van der Waals surface area contributed by atoms with Gasteiger partial charge in [0.15, 0.2) is 0 Å². The molecule has 0 saturated carbocycles. The molecule has 0 aromatic carbocycles. The second-order valence-corrected chi connectivity index (χ2v) is 5.44. The van der Waals surface area contributed by atoms with Crippen LogP contribution in [0, 0.1) is 5.92 Å². The normalized spacial score (nSPS) is 14.6. The quantitative estimate of drug-likeness (QED) is 0.770. The number of hydrogen-bond acceptors (Lipinski definition) is 4. The lowest BCUT2D eigenvalue weighted by Gasteiger charge is -2.22. The molecule has 18 heavy (non-hydrogen) atoms. The number of nitrogens with one attached hydrogen (secondary N) is 1. The van der Waals surface area contributed by atoms with Crippen molar-refractivity contribution in [1.29, 1.82) is 0 Å². The van der Waals surface area contributed by atoms with Crippen LogP contribution in [-0.4, -0.2) is 30.3 Å². The van der Waals surface area contributed by atoms with E-state index in [1.54, 1.807) is 34.6 Å². The van der Waals surface area contributed by atoms with Gasteiger partial charge in [-0.1, -0.05) is 6.92 Å². The highest BCUT2D eigenvalue weighted by atomic mass is 16.6. The topological polar surface area (TPSA) is 64.6 Å². The summed E-state index contributed by atoms with van der Waals surface area (Å²) in [4.78, 5) is 22.9. The summed E-state index contributed by atoms with van der Waals surface area (Å²) in [5.41, 5.74) is -0.517. The van der Waals surface area contributed by atoms with E-state index in [-0.39, 0.29) is 17.9 Å². The first-order valence-electron chi connectivity index (χ1n) is 6.31. The summed E-state index contributed by atoms with van der Waals surface area (Å²) >= 11 is 0. The second-order valence-electron chi connectivity index (χ2n) is 5.44. The highest BCUT2D eigenvalue weighted by Crippen LogP contribution is 2.10. The van der Waals surface area contributed by atoms with Crippen LogP contribution >= 0.6 is 0 Å². The Hall–Kier alpha value is -1.26. The fourth-order valence-electron chi connectivity index (χ4n) is 1.48. The molecule has 0 spiro atoms. The van der Waals surface area contributed by atoms with Gasteiger partial charge in [0.05, 0.1) is 12.5 Å². The minimum absolute atomic E-state index is 0.140. The van der Waals surface area contributed by atoms with Crippen LogP contribution in [0.25, 0.3) is 0 Å². The van der Waals surface area contributed by atoms with E-state index in [9.17, 15) is 9.59 Å². The molecule has 0 aliphatic rings. The average Bonchev–Trinajstić information content (AvgIpc) is 2.13. The van der Waals surface area contributed by atoms with Gasteiger partial charge in [0.25, 0.3) is 0 Å². The van der Waals surface area contributed by atoms with Crippen LogP contribution in [0.15, 0.2) is 0 Å². The van der Waals surface area contributed by atoms with E-state index in [4.69, 9.17) is 9.47 Å². The Bertz CT molecular complexity index is 283. The lowest BCUT2D eigenvalue weighted by atomic mass is 10.0. The number of rotatable bonds is 5. The van der Waals surface area contributed by atoms with Gasteiger partial charge < -0.3 is 14.8 Å². The molecule has 0 unspecified atom stereocenters. The summed E-state index contributed by atoms with van der Waals surface area (Å²) in [6, 6.07) is -0.140. The maximum atomic E-state index is 11.5. The SMILES string of the molecule is CCOC(=O)[C@H](C)C[C@@H](C)NC(=O)OC(C)(C)C. The van der Waals surface area contributed by atoms with Gasteiger partial charge in [-0.3, -0.25) is 4.79 Å². The fraction of sp³-hybridized carbons (Fsp3) is 0.846. The Morgan fingerprint density at radius 2 is 1.78 bits per heavy atom. The number of carbonyl (C=O) groups excluding carboxylic acids is 2. The molecule has 0 aliphatic carbocycles. The molecule has 0 bridgehead atoms. The summed E-state index contributed by atoms with van der Waals surface area (Å²) < 4.78 is 10.0. The molecule has 0 rings (SSSR count). The van der Waals surface area contributed by atoms with Gasteiger partial charge in [-0.15, -0.1) is 0 Å². The third-order valence-electron chi connectivity index (χ3n) is 2.16. The van der Waals surface area contributed by atoms with Crippen molar-refractivity contribution < 1.29 is 19.1 Å². The largest absolute Gasteiger partial charge is 0.466 e. The minimum atomic E-state index is -0.517. The Balaban J connectivity index is 4.07. The van der Waals surface area contributed by atoms with E-state index >= 15 is 0 Å². The Kier molecular flexibility index (Phi) is 6.73. The molecule has 5 heteroatoms. The van der Waals surface area contributed by atoms with E-state index in [0.29, 0.717) is 13.0 Å². The van der Waals surface area contributed by atoms with Crippen molar-refractivity contribution in [3.05, 3.63) is 0 Å². The Labute approximate surface area is 109 Å². The average molecular weight is 259 g/mol. The zero-order valence-corrected chi connectivity index (χ0v) is 12.2. The molecule has 0 saturated heterocycles. The lowest BCUT2D eigenvalue weighted by molar-refractivity contribution is -0.147. The molecule has 0 heterocycles. The molecule has 0 fully saturated rings. The van der Waals surface area contributed by atoms with Gasteiger partial charge in [-0.25, -0.2) is 4.79 Å². The number of hydrogen-bond donors (Lipinski definition) is 1. The van der Waals surface area contributed by atoms with E-state index in [2.05, 4.69) is 5.32 Å². The Morgan fingerprint density at radius 1 is 1.22 bits per heavy atom. The van der Waals surface area contributed by atoms with Crippen molar-refractivity contribution >= 4 is 12.1 Å². The van der Waals surface area contributed by atoms with Gasteiger partial charge in [-0.05, 0) is 41.0 Å². The number of alkyl carbamates (subject to hydrolysis) is 1. The molecule has 2 atom stereocenters. The molecule has 0 aromatic heterocycles. The summed E-state index contributed by atoms with van der Waals surface area (Å²) in [5.74, 6) is -0.481. The van der Waals surface area contributed by atoms with Crippen LogP contribution < -0.4 is 5.32 Å². The van der Waals surface area contributed by atoms with Gasteiger partial charge >= 0.3 is 12.1 Å². The smallest absolute Gasteiger partial charge is 0.407 e. The van der Waals surface area contributed by atoms with Crippen molar-refractivity contribution in [3.63, 3.8) is 0 Å². The number of ether oxygens (including phenoxy) is 2. The van der Waals surface area contributed by atoms with Crippen LogP contribution in [0.4, 0.5) is 4.79 Å². The fourth-order valence-corrected chi connectivity index (χ4v) is 1.48. The van der Waals surface area contributed by atoms with E-state index in [0.717, 1.165) is 0 Å². The van der Waals surface area contributed by atoms with Crippen LogP contribution in [0.5, 0.6) is 0 Å². The first-order chi connectivity index (χ1) is 8.15. The molecule has 1 amide bonds.